The van der Waals surface area contributed by atoms with Gasteiger partial charge in [-0.1, -0.05) is 12.2 Å². The molecule has 1 aromatic heterocycles. The number of thiazole rings is 1. The van der Waals surface area contributed by atoms with Crippen molar-refractivity contribution in [2.45, 2.75) is 4.21 Å². The van der Waals surface area contributed by atoms with Crippen LogP contribution in [-0.4, -0.2) is 41.9 Å². The Bertz CT molecular complexity index is 552. The molecule has 0 saturated carbocycles. The number of carboxylic acids is 1. The second kappa shape index (κ2) is 5.89. The van der Waals surface area contributed by atoms with Crippen molar-refractivity contribution < 1.29 is 18.3 Å². The van der Waals surface area contributed by atoms with Gasteiger partial charge in [0, 0.05) is 13.1 Å². The van der Waals surface area contributed by atoms with E-state index in [0.29, 0.717) is 0 Å². The fraction of sp³-hybridized carbons (Fsp3) is 0.200. The van der Waals surface area contributed by atoms with Crippen LogP contribution in [0.5, 0.6) is 0 Å². The van der Waals surface area contributed by atoms with Gasteiger partial charge in [-0.05, 0) is 0 Å². The maximum Gasteiger partial charge on any atom is 0.356 e. The molecule has 0 amide bonds. The van der Waals surface area contributed by atoms with Gasteiger partial charge in [0.1, 0.15) is 0 Å². The molecule has 1 rings (SSSR count). The Kier molecular flexibility index (Phi) is 4.76. The second-order valence-electron chi connectivity index (χ2n) is 3.19. The molecule has 0 unspecified atom stereocenters. The lowest BCUT2D eigenvalue weighted by atomic mass is 10.5. The molecule has 0 aromatic carbocycles. The zero-order chi connectivity index (χ0) is 13.8. The molecule has 0 aliphatic carbocycles. The van der Waals surface area contributed by atoms with Gasteiger partial charge in [-0.15, -0.1) is 24.5 Å². The van der Waals surface area contributed by atoms with E-state index in [1.807, 2.05) is 0 Å². The Labute approximate surface area is 109 Å². The van der Waals surface area contributed by atoms with Gasteiger partial charge in [-0.2, -0.15) is 4.31 Å². The van der Waals surface area contributed by atoms with Crippen molar-refractivity contribution in [2.24, 2.45) is 0 Å². The molecule has 0 aliphatic rings. The number of sulfonamides is 1. The quantitative estimate of drug-likeness (QED) is 0.762. The molecule has 0 radical (unpaired) electrons. The predicted molar refractivity (Wildman–Crippen MR) is 68.2 cm³/mol. The zero-order valence-corrected chi connectivity index (χ0v) is 11.1. The van der Waals surface area contributed by atoms with Gasteiger partial charge >= 0.3 is 5.97 Å². The average Bonchev–Trinajstić information content (AvgIpc) is 2.78. The number of carbonyl (C=O) groups is 1. The number of aromatic nitrogens is 1. The highest BCUT2D eigenvalue weighted by Crippen LogP contribution is 2.24. The fourth-order valence-electron chi connectivity index (χ4n) is 1.24. The van der Waals surface area contributed by atoms with Crippen molar-refractivity contribution in [3.63, 3.8) is 0 Å². The molecule has 8 heteroatoms. The normalized spacial score (nSPS) is 11.4. The molecule has 0 bridgehead atoms. The van der Waals surface area contributed by atoms with Crippen molar-refractivity contribution in [1.82, 2.24) is 9.29 Å². The van der Waals surface area contributed by atoms with Crippen LogP contribution in [0, 0.1) is 0 Å². The fourth-order valence-corrected chi connectivity index (χ4v) is 3.90. The van der Waals surface area contributed by atoms with E-state index in [1.54, 1.807) is 0 Å². The molecule has 0 aliphatic heterocycles. The Morgan fingerprint density at radius 1 is 1.44 bits per heavy atom. The van der Waals surface area contributed by atoms with E-state index >= 15 is 0 Å². The summed E-state index contributed by atoms with van der Waals surface area (Å²) < 4.78 is 25.3. The summed E-state index contributed by atoms with van der Waals surface area (Å²) in [6.45, 7) is 7.08. The van der Waals surface area contributed by atoms with Crippen LogP contribution in [0.25, 0.3) is 0 Å². The monoisotopic (exact) mass is 288 g/mol. The third-order valence-corrected chi connectivity index (χ3v) is 5.16. The first-order valence-electron chi connectivity index (χ1n) is 4.83. The van der Waals surface area contributed by atoms with Crippen molar-refractivity contribution in [3.05, 3.63) is 36.5 Å². The number of carboxylic acid groups (broad SMARTS) is 1. The van der Waals surface area contributed by atoms with Gasteiger partial charge in [0.25, 0.3) is 10.0 Å². The van der Waals surface area contributed by atoms with Crippen LogP contribution < -0.4 is 0 Å². The Morgan fingerprint density at radius 2 is 2.00 bits per heavy atom. The maximum atomic E-state index is 12.2. The third-order valence-electron chi connectivity index (χ3n) is 1.98. The van der Waals surface area contributed by atoms with Crippen LogP contribution in [0.2, 0.25) is 0 Å². The summed E-state index contributed by atoms with van der Waals surface area (Å²) in [6, 6.07) is 0. The molecule has 0 fully saturated rings. The van der Waals surface area contributed by atoms with Crippen LogP contribution in [0.3, 0.4) is 0 Å². The van der Waals surface area contributed by atoms with Crippen LogP contribution in [0.1, 0.15) is 10.5 Å². The molecule has 1 heterocycles. The van der Waals surface area contributed by atoms with Crippen LogP contribution >= 0.6 is 11.3 Å². The standard InChI is InChI=1S/C10H12N2O4S2/c1-3-5-12(6-4-2)18(15,16)10-8(9(13)14)11-7-17-10/h3-4,7H,1-2,5-6H2,(H,13,14). The molecular weight excluding hydrogens is 276 g/mol. The SMILES string of the molecule is C=CCN(CC=C)S(=O)(=O)c1scnc1C(=O)O. The lowest BCUT2D eigenvalue weighted by molar-refractivity contribution is 0.0687. The summed E-state index contributed by atoms with van der Waals surface area (Å²) in [5.41, 5.74) is 0.731. The molecule has 6 nitrogen and oxygen atoms in total. The van der Waals surface area contributed by atoms with E-state index in [2.05, 4.69) is 18.1 Å². The van der Waals surface area contributed by atoms with Crippen molar-refractivity contribution in [3.8, 4) is 0 Å². The molecule has 1 N–H and O–H groups in total. The lowest BCUT2D eigenvalue weighted by Crippen LogP contribution is -2.31. The van der Waals surface area contributed by atoms with E-state index in [9.17, 15) is 13.2 Å². The Morgan fingerprint density at radius 3 is 2.44 bits per heavy atom. The predicted octanol–water partition coefficient (Wildman–Crippen LogP) is 1.20. The number of hydrogen-bond acceptors (Lipinski definition) is 5. The minimum absolute atomic E-state index is 0.0747. The van der Waals surface area contributed by atoms with Crippen LogP contribution in [0.4, 0.5) is 0 Å². The van der Waals surface area contributed by atoms with Gasteiger partial charge in [0.2, 0.25) is 0 Å². The third kappa shape index (κ3) is 2.84. The summed E-state index contributed by atoms with van der Waals surface area (Å²) in [6.07, 6.45) is 2.84. The first kappa shape index (κ1) is 14.6. The molecule has 0 saturated heterocycles. The molecule has 0 spiro atoms. The van der Waals surface area contributed by atoms with Crippen molar-refractivity contribution in [1.29, 1.82) is 0 Å². The van der Waals surface area contributed by atoms with Crippen LogP contribution in [0.15, 0.2) is 35.0 Å². The van der Waals surface area contributed by atoms with Crippen LogP contribution in [-0.2, 0) is 10.0 Å². The molecule has 98 valence electrons. The lowest BCUT2D eigenvalue weighted by Gasteiger charge is -2.17. The molecule has 18 heavy (non-hydrogen) atoms. The summed E-state index contributed by atoms with van der Waals surface area (Å²) in [5, 5.41) is 8.88. The van der Waals surface area contributed by atoms with Gasteiger partial charge in [-0.25, -0.2) is 18.2 Å². The highest BCUT2D eigenvalue weighted by molar-refractivity contribution is 7.91. The second-order valence-corrected chi connectivity index (χ2v) is 6.18. The summed E-state index contributed by atoms with van der Waals surface area (Å²) in [7, 11) is -3.89. The van der Waals surface area contributed by atoms with Crippen molar-refractivity contribution >= 4 is 27.3 Å². The number of nitrogens with zero attached hydrogens (tertiary/aromatic N) is 2. The van der Waals surface area contributed by atoms with E-state index in [4.69, 9.17) is 5.11 Å². The highest BCUT2D eigenvalue weighted by atomic mass is 32.2. The first-order valence-corrected chi connectivity index (χ1v) is 7.15. The van der Waals surface area contributed by atoms with Gasteiger partial charge in [-0.3, -0.25) is 0 Å². The van der Waals surface area contributed by atoms with Gasteiger partial charge in [0.15, 0.2) is 9.90 Å². The Hall–Kier alpha value is -1.51. The number of hydrogen-bond donors (Lipinski definition) is 1. The topological polar surface area (TPSA) is 87.6 Å². The summed E-state index contributed by atoms with van der Waals surface area (Å²) >= 11 is 0.775. The first-order chi connectivity index (χ1) is 8.45. The smallest absolute Gasteiger partial charge is 0.356 e. The average molecular weight is 288 g/mol. The largest absolute Gasteiger partial charge is 0.476 e. The minimum Gasteiger partial charge on any atom is -0.476 e. The van der Waals surface area contributed by atoms with Crippen molar-refractivity contribution in [2.75, 3.05) is 13.1 Å². The summed E-state index contributed by atoms with van der Waals surface area (Å²) in [5.74, 6) is -1.37. The summed E-state index contributed by atoms with van der Waals surface area (Å²) in [4.78, 5) is 14.4. The van der Waals surface area contributed by atoms with E-state index in [0.717, 1.165) is 15.6 Å². The van der Waals surface area contributed by atoms with E-state index < -0.39 is 21.7 Å². The molecule has 0 atom stereocenters. The highest BCUT2D eigenvalue weighted by Gasteiger charge is 2.30. The molecular formula is C10H12N2O4S2. The van der Waals surface area contributed by atoms with Gasteiger partial charge < -0.3 is 5.11 Å². The minimum atomic E-state index is -3.89. The van der Waals surface area contributed by atoms with E-state index in [1.165, 1.54) is 17.7 Å². The number of aromatic carboxylic acids is 1. The molecule has 1 aromatic rings. The number of rotatable bonds is 7. The van der Waals surface area contributed by atoms with E-state index in [-0.39, 0.29) is 17.3 Å². The zero-order valence-electron chi connectivity index (χ0n) is 9.44. The Balaban J connectivity index is 3.25. The van der Waals surface area contributed by atoms with Gasteiger partial charge in [0.05, 0.1) is 5.51 Å². The maximum absolute atomic E-state index is 12.2.